The zero-order valence-electron chi connectivity index (χ0n) is 15.6. The molecule has 0 amide bonds. The quantitative estimate of drug-likeness (QED) is 0.613. The summed E-state index contributed by atoms with van der Waals surface area (Å²) in [4.78, 5) is 13.2. The van der Waals surface area contributed by atoms with Crippen LogP contribution < -0.4 is 5.73 Å². The number of allylic oxidation sites excluding steroid dienone is 1. The summed E-state index contributed by atoms with van der Waals surface area (Å²) in [5.41, 5.74) is 10.7. The molecule has 0 saturated heterocycles. The van der Waals surface area contributed by atoms with Crippen LogP contribution in [0, 0.1) is 11.2 Å². The van der Waals surface area contributed by atoms with Gasteiger partial charge in [-0.3, -0.25) is 15.0 Å². The van der Waals surface area contributed by atoms with Crippen LogP contribution in [-0.2, 0) is 12.8 Å². The van der Waals surface area contributed by atoms with Crippen LogP contribution in [0.25, 0.3) is 5.57 Å². The van der Waals surface area contributed by atoms with Crippen molar-refractivity contribution in [1.29, 1.82) is 5.41 Å². The number of aromatic nitrogens is 3. The second-order valence-corrected chi connectivity index (χ2v) is 6.64. The maximum atomic E-state index is 13.2. The minimum absolute atomic E-state index is 0.165. The summed E-state index contributed by atoms with van der Waals surface area (Å²) in [6.07, 6.45) is 8.87. The molecule has 0 aliphatic carbocycles. The van der Waals surface area contributed by atoms with Gasteiger partial charge in [0.15, 0.2) is 0 Å². The lowest BCUT2D eigenvalue weighted by molar-refractivity contribution is 0.625. The molecule has 2 heterocycles. The highest BCUT2D eigenvalue weighted by Crippen LogP contribution is 2.23. The third-order valence-electron chi connectivity index (χ3n) is 4.53. The number of hydrogen-bond acceptors (Lipinski definition) is 5. The van der Waals surface area contributed by atoms with E-state index in [-0.39, 0.29) is 11.7 Å². The molecule has 0 saturated carbocycles. The molecule has 3 N–H and O–H groups in total. The number of rotatable bonds is 7. The van der Waals surface area contributed by atoms with E-state index in [0.717, 1.165) is 28.2 Å². The second kappa shape index (κ2) is 8.99. The van der Waals surface area contributed by atoms with E-state index in [0.29, 0.717) is 18.4 Å². The standard InChI is InChI=1S/C22H22FN5/c1-15(16-2-4-19(23)5-3-16)8-20-9-17(18(12-24)13-25)10-21(28-20)11-22-14-26-6-7-27-22/h2-7,9-10,12-15,24H,8,11,25H2,1H3/t15-/m1/s1. The minimum Gasteiger partial charge on any atom is -0.404 e. The van der Waals surface area contributed by atoms with Crippen molar-refractivity contribution in [2.24, 2.45) is 5.73 Å². The molecule has 0 fully saturated rings. The number of nitrogens with two attached hydrogens (primary N) is 1. The van der Waals surface area contributed by atoms with Crippen molar-refractivity contribution in [2.45, 2.75) is 25.7 Å². The zero-order chi connectivity index (χ0) is 19.9. The highest BCUT2D eigenvalue weighted by Gasteiger charge is 2.12. The van der Waals surface area contributed by atoms with Crippen LogP contribution in [-0.4, -0.2) is 21.2 Å². The van der Waals surface area contributed by atoms with Crippen LogP contribution in [0.15, 0.2) is 61.2 Å². The lowest BCUT2D eigenvalue weighted by Gasteiger charge is -2.14. The fourth-order valence-corrected chi connectivity index (χ4v) is 3.07. The number of nitrogens with one attached hydrogen (secondary N) is 1. The monoisotopic (exact) mass is 375 g/mol. The van der Waals surface area contributed by atoms with Crippen molar-refractivity contribution in [1.82, 2.24) is 15.0 Å². The van der Waals surface area contributed by atoms with Crippen molar-refractivity contribution >= 4 is 11.8 Å². The Labute approximate surface area is 163 Å². The summed E-state index contributed by atoms with van der Waals surface area (Å²) in [7, 11) is 0. The van der Waals surface area contributed by atoms with Crippen LogP contribution in [0.2, 0.25) is 0 Å². The van der Waals surface area contributed by atoms with Gasteiger partial charge in [-0.15, -0.1) is 0 Å². The van der Waals surface area contributed by atoms with Gasteiger partial charge < -0.3 is 11.1 Å². The third-order valence-corrected chi connectivity index (χ3v) is 4.53. The minimum atomic E-state index is -0.244. The first-order valence-corrected chi connectivity index (χ1v) is 9.02. The molecule has 142 valence electrons. The molecule has 0 spiro atoms. The summed E-state index contributed by atoms with van der Waals surface area (Å²) in [5.74, 6) is -0.0796. The van der Waals surface area contributed by atoms with Crippen molar-refractivity contribution in [3.8, 4) is 0 Å². The fourth-order valence-electron chi connectivity index (χ4n) is 3.07. The molecule has 1 aromatic carbocycles. The zero-order valence-corrected chi connectivity index (χ0v) is 15.6. The molecule has 0 aliphatic heterocycles. The summed E-state index contributed by atoms with van der Waals surface area (Å²) in [5, 5.41) is 7.60. The SMILES string of the molecule is C[C@H](Cc1cc(C(C=N)=CN)cc(Cc2cnccn2)n1)c1ccc(F)cc1. The predicted octanol–water partition coefficient (Wildman–Crippen LogP) is 3.90. The smallest absolute Gasteiger partial charge is 0.123 e. The van der Waals surface area contributed by atoms with Gasteiger partial charge in [0.25, 0.3) is 0 Å². The van der Waals surface area contributed by atoms with Crippen LogP contribution in [0.5, 0.6) is 0 Å². The summed E-state index contributed by atoms with van der Waals surface area (Å²) in [6, 6.07) is 10.4. The van der Waals surface area contributed by atoms with E-state index in [1.165, 1.54) is 24.5 Å². The summed E-state index contributed by atoms with van der Waals surface area (Å²) in [6.45, 7) is 2.08. The molecular weight excluding hydrogens is 353 g/mol. The van der Waals surface area contributed by atoms with E-state index in [1.54, 1.807) is 30.7 Å². The molecule has 28 heavy (non-hydrogen) atoms. The van der Waals surface area contributed by atoms with Gasteiger partial charge >= 0.3 is 0 Å². The fraction of sp³-hybridized carbons (Fsp3) is 0.182. The van der Waals surface area contributed by atoms with Gasteiger partial charge in [0.2, 0.25) is 0 Å². The molecule has 0 bridgehead atoms. The van der Waals surface area contributed by atoms with Crippen molar-refractivity contribution in [2.75, 3.05) is 0 Å². The number of hydrogen-bond donors (Lipinski definition) is 2. The Morgan fingerprint density at radius 2 is 1.89 bits per heavy atom. The number of nitrogens with zero attached hydrogens (tertiary/aromatic N) is 3. The Balaban J connectivity index is 1.92. The molecule has 3 aromatic rings. The van der Waals surface area contributed by atoms with Gasteiger partial charge in [-0.25, -0.2) is 4.39 Å². The van der Waals surface area contributed by atoms with Gasteiger partial charge in [-0.05, 0) is 47.7 Å². The van der Waals surface area contributed by atoms with Crippen molar-refractivity contribution < 1.29 is 4.39 Å². The second-order valence-electron chi connectivity index (χ2n) is 6.64. The molecule has 0 unspecified atom stereocenters. The summed E-state index contributed by atoms with van der Waals surface area (Å²) < 4.78 is 13.2. The lowest BCUT2D eigenvalue weighted by Crippen LogP contribution is -2.06. The Hall–Kier alpha value is -3.41. The molecule has 5 nitrogen and oxygen atoms in total. The van der Waals surface area contributed by atoms with Crippen molar-refractivity contribution in [3.63, 3.8) is 0 Å². The molecular formula is C22H22FN5. The maximum Gasteiger partial charge on any atom is 0.123 e. The number of benzene rings is 1. The first-order valence-electron chi connectivity index (χ1n) is 9.02. The molecule has 3 rings (SSSR count). The van der Waals surface area contributed by atoms with Gasteiger partial charge in [0.1, 0.15) is 5.82 Å². The number of pyridine rings is 1. The molecule has 0 aliphatic rings. The van der Waals surface area contributed by atoms with Gasteiger partial charge in [-0.1, -0.05) is 19.1 Å². The van der Waals surface area contributed by atoms with Crippen LogP contribution in [0.4, 0.5) is 4.39 Å². The average molecular weight is 375 g/mol. The van der Waals surface area contributed by atoms with Gasteiger partial charge in [0.05, 0.1) is 5.69 Å². The van der Waals surface area contributed by atoms with Crippen LogP contribution in [0.1, 0.15) is 41.1 Å². The van der Waals surface area contributed by atoms with Crippen molar-refractivity contribution in [3.05, 3.63) is 95.2 Å². The van der Waals surface area contributed by atoms with E-state index in [2.05, 4.69) is 16.9 Å². The molecule has 1 atom stereocenters. The highest BCUT2D eigenvalue weighted by atomic mass is 19.1. The Kier molecular flexibility index (Phi) is 6.22. The summed E-state index contributed by atoms with van der Waals surface area (Å²) >= 11 is 0. The van der Waals surface area contributed by atoms with E-state index < -0.39 is 0 Å². The normalized spacial score (nSPS) is 12.6. The molecule has 6 heteroatoms. The Morgan fingerprint density at radius 1 is 1.14 bits per heavy atom. The van der Waals surface area contributed by atoms with Crippen LogP contribution >= 0.6 is 0 Å². The average Bonchev–Trinajstić information content (AvgIpc) is 2.70. The lowest BCUT2D eigenvalue weighted by atomic mass is 9.94. The first-order chi connectivity index (χ1) is 13.6. The predicted molar refractivity (Wildman–Crippen MR) is 109 cm³/mol. The Morgan fingerprint density at radius 3 is 2.54 bits per heavy atom. The third kappa shape index (κ3) is 4.85. The molecule has 2 aromatic heterocycles. The van der Waals surface area contributed by atoms with E-state index in [1.807, 2.05) is 12.1 Å². The maximum absolute atomic E-state index is 13.2. The van der Waals surface area contributed by atoms with Gasteiger partial charge in [0, 0.05) is 54.4 Å². The van der Waals surface area contributed by atoms with E-state index in [4.69, 9.17) is 16.1 Å². The van der Waals surface area contributed by atoms with E-state index >= 15 is 0 Å². The largest absolute Gasteiger partial charge is 0.404 e. The molecule has 0 radical (unpaired) electrons. The van der Waals surface area contributed by atoms with Gasteiger partial charge in [-0.2, -0.15) is 0 Å². The first kappa shape index (κ1) is 19.4. The highest BCUT2D eigenvalue weighted by molar-refractivity contribution is 6.08. The van der Waals surface area contributed by atoms with E-state index in [9.17, 15) is 4.39 Å². The number of halogens is 1. The Bertz CT molecular complexity index is 968. The van der Waals surface area contributed by atoms with Crippen LogP contribution in [0.3, 0.4) is 0 Å². The topological polar surface area (TPSA) is 88.5 Å².